The zero-order chi connectivity index (χ0) is 19.2. The van der Waals surface area contributed by atoms with Crippen molar-refractivity contribution in [1.82, 2.24) is 10.3 Å². The highest BCUT2D eigenvalue weighted by molar-refractivity contribution is 7.20. The van der Waals surface area contributed by atoms with Gasteiger partial charge in [0, 0.05) is 5.38 Å². The van der Waals surface area contributed by atoms with Crippen molar-refractivity contribution in [3.63, 3.8) is 0 Å². The molecule has 1 aromatic carbocycles. The number of nitrogens with zero attached hydrogens (tertiary/aromatic N) is 1. The Balaban J connectivity index is 1.78. The quantitative estimate of drug-likeness (QED) is 0.606. The summed E-state index contributed by atoms with van der Waals surface area (Å²) in [6.07, 6.45) is 0.0243. The van der Waals surface area contributed by atoms with E-state index in [0.29, 0.717) is 11.4 Å². The predicted octanol–water partition coefficient (Wildman–Crippen LogP) is 3.91. The largest absolute Gasteiger partial charge is 0.497 e. The summed E-state index contributed by atoms with van der Waals surface area (Å²) in [6.45, 7) is 0. The molecule has 0 saturated heterocycles. The third-order valence-corrected chi connectivity index (χ3v) is 5.77. The molecule has 0 aliphatic rings. The van der Waals surface area contributed by atoms with Crippen LogP contribution in [0.5, 0.6) is 5.75 Å². The van der Waals surface area contributed by atoms with Crippen molar-refractivity contribution >= 4 is 34.6 Å². The van der Waals surface area contributed by atoms with E-state index in [0.717, 1.165) is 15.4 Å². The van der Waals surface area contributed by atoms with Gasteiger partial charge in [-0.3, -0.25) is 9.59 Å². The Hall–Kier alpha value is -2.71. The zero-order valence-corrected chi connectivity index (χ0v) is 16.4. The number of amides is 1. The van der Waals surface area contributed by atoms with E-state index >= 15 is 0 Å². The number of thiazole rings is 1. The number of carbonyl (C=O) groups excluding carboxylic acids is 2. The second-order valence-electron chi connectivity index (χ2n) is 5.59. The molecule has 0 aliphatic heterocycles. The molecule has 1 amide bonds. The molecule has 2 heterocycles. The molecule has 0 aliphatic carbocycles. The fourth-order valence-corrected chi connectivity index (χ4v) is 4.08. The first-order chi connectivity index (χ1) is 13.1. The Bertz CT molecular complexity index is 904. The number of hydrogen-bond donors (Lipinski definition) is 1. The van der Waals surface area contributed by atoms with E-state index in [2.05, 4.69) is 10.3 Å². The van der Waals surface area contributed by atoms with Gasteiger partial charge in [-0.2, -0.15) is 0 Å². The first-order valence-electron chi connectivity index (χ1n) is 8.11. The molecule has 2 aromatic heterocycles. The molecule has 3 rings (SSSR count). The molecule has 0 radical (unpaired) electrons. The second kappa shape index (κ2) is 8.79. The number of ether oxygens (including phenoxy) is 2. The lowest BCUT2D eigenvalue weighted by molar-refractivity contribution is -0.141. The monoisotopic (exact) mass is 402 g/mol. The van der Waals surface area contributed by atoms with Crippen LogP contribution >= 0.6 is 22.7 Å². The number of benzene rings is 1. The maximum absolute atomic E-state index is 12.7. The van der Waals surface area contributed by atoms with Gasteiger partial charge in [0.2, 0.25) is 0 Å². The summed E-state index contributed by atoms with van der Waals surface area (Å²) < 4.78 is 9.91. The molecule has 6 nitrogen and oxygen atoms in total. The number of carbonyl (C=O) groups is 2. The summed E-state index contributed by atoms with van der Waals surface area (Å²) >= 11 is 2.98. The van der Waals surface area contributed by atoms with E-state index in [1.807, 2.05) is 29.6 Å². The lowest BCUT2D eigenvalue weighted by atomic mass is 10.0. The van der Waals surface area contributed by atoms with Crippen LogP contribution in [-0.2, 0) is 9.53 Å². The van der Waals surface area contributed by atoms with Crippen molar-refractivity contribution in [3.8, 4) is 15.6 Å². The first-order valence-corrected chi connectivity index (χ1v) is 9.87. The highest BCUT2D eigenvalue weighted by Crippen LogP contribution is 2.28. The third-order valence-electron chi connectivity index (χ3n) is 3.89. The Morgan fingerprint density at radius 3 is 2.56 bits per heavy atom. The topological polar surface area (TPSA) is 77.5 Å². The molecule has 0 bridgehead atoms. The maximum Gasteiger partial charge on any atom is 0.307 e. The Morgan fingerprint density at radius 1 is 1.15 bits per heavy atom. The van der Waals surface area contributed by atoms with Crippen LogP contribution in [0.4, 0.5) is 0 Å². The van der Waals surface area contributed by atoms with E-state index < -0.39 is 12.0 Å². The molecule has 1 atom stereocenters. The van der Waals surface area contributed by atoms with Gasteiger partial charge in [-0.1, -0.05) is 18.2 Å². The first kappa shape index (κ1) is 19.1. The molecule has 0 spiro atoms. The molecule has 27 heavy (non-hydrogen) atoms. The number of methoxy groups -OCH3 is 2. The van der Waals surface area contributed by atoms with Crippen LogP contribution in [0.3, 0.4) is 0 Å². The minimum Gasteiger partial charge on any atom is -0.497 e. The van der Waals surface area contributed by atoms with Crippen molar-refractivity contribution in [3.05, 3.63) is 58.4 Å². The van der Waals surface area contributed by atoms with Crippen LogP contribution in [0.15, 0.2) is 47.2 Å². The van der Waals surface area contributed by atoms with E-state index in [1.165, 1.54) is 18.4 Å². The fourth-order valence-electron chi connectivity index (χ4n) is 2.46. The molecular formula is C19H18N2O4S2. The van der Waals surface area contributed by atoms with Crippen LogP contribution in [0.1, 0.15) is 28.5 Å². The SMILES string of the molecule is COC(=O)CC(NC(=O)c1csc(-c2cccs2)n1)c1ccc(OC)cc1. The fraction of sp³-hybridized carbons (Fsp3) is 0.211. The smallest absolute Gasteiger partial charge is 0.307 e. The molecule has 0 saturated carbocycles. The van der Waals surface area contributed by atoms with Crippen LogP contribution in [0.25, 0.3) is 9.88 Å². The average molecular weight is 402 g/mol. The standard InChI is InChI=1S/C19H18N2O4S2/c1-24-13-7-5-12(6-8-13)14(10-17(22)25-2)20-18(23)15-11-27-19(21-15)16-4-3-9-26-16/h3-9,11,14H,10H2,1-2H3,(H,20,23). The highest BCUT2D eigenvalue weighted by Gasteiger charge is 2.21. The van der Waals surface area contributed by atoms with Gasteiger partial charge in [-0.05, 0) is 29.1 Å². The molecular weight excluding hydrogens is 384 g/mol. The lowest BCUT2D eigenvalue weighted by Gasteiger charge is -2.18. The van der Waals surface area contributed by atoms with Gasteiger partial charge < -0.3 is 14.8 Å². The summed E-state index contributed by atoms with van der Waals surface area (Å²) in [5.74, 6) is -0.0468. The lowest BCUT2D eigenvalue weighted by Crippen LogP contribution is -2.30. The van der Waals surface area contributed by atoms with Crippen LogP contribution in [-0.4, -0.2) is 31.1 Å². The van der Waals surface area contributed by atoms with E-state index in [1.54, 1.807) is 36.0 Å². The molecule has 1 N–H and O–H groups in total. The maximum atomic E-state index is 12.7. The van der Waals surface area contributed by atoms with Gasteiger partial charge >= 0.3 is 5.97 Å². The summed E-state index contributed by atoms with van der Waals surface area (Å²) in [6, 6.07) is 10.6. The number of rotatable bonds is 7. The van der Waals surface area contributed by atoms with Gasteiger partial charge in [0.25, 0.3) is 5.91 Å². The number of nitrogens with one attached hydrogen (secondary N) is 1. The Morgan fingerprint density at radius 2 is 1.93 bits per heavy atom. The predicted molar refractivity (Wildman–Crippen MR) is 105 cm³/mol. The number of esters is 1. The van der Waals surface area contributed by atoms with Crippen LogP contribution < -0.4 is 10.1 Å². The minimum absolute atomic E-state index is 0.0243. The van der Waals surface area contributed by atoms with Crippen molar-refractivity contribution in [1.29, 1.82) is 0 Å². The number of thiophene rings is 1. The van der Waals surface area contributed by atoms with Crippen LogP contribution in [0, 0.1) is 0 Å². The summed E-state index contributed by atoms with van der Waals surface area (Å²) in [4.78, 5) is 29.9. The van der Waals surface area contributed by atoms with E-state index in [9.17, 15) is 9.59 Å². The molecule has 8 heteroatoms. The average Bonchev–Trinajstić information content (AvgIpc) is 3.38. The Labute approximate surface area is 164 Å². The molecule has 140 valence electrons. The van der Waals surface area contributed by atoms with Crippen molar-refractivity contribution in [2.75, 3.05) is 14.2 Å². The van der Waals surface area contributed by atoms with Gasteiger partial charge in [0.1, 0.15) is 16.5 Å². The van der Waals surface area contributed by atoms with Gasteiger partial charge in [0.15, 0.2) is 0 Å². The van der Waals surface area contributed by atoms with Gasteiger partial charge in [-0.25, -0.2) is 4.98 Å². The summed E-state index contributed by atoms with van der Waals surface area (Å²) in [7, 11) is 2.90. The van der Waals surface area contributed by atoms with Crippen molar-refractivity contribution in [2.45, 2.75) is 12.5 Å². The second-order valence-corrected chi connectivity index (χ2v) is 7.40. The van der Waals surface area contributed by atoms with Gasteiger partial charge in [-0.15, -0.1) is 22.7 Å². The zero-order valence-electron chi connectivity index (χ0n) is 14.8. The third kappa shape index (κ3) is 4.72. The van der Waals surface area contributed by atoms with Crippen molar-refractivity contribution in [2.24, 2.45) is 0 Å². The molecule has 0 fully saturated rings. The Kier molecular flexibility index (Phi) is 6.20. The van der Waals surface area contributed by atoms with Gasteiger partial charge in [0.05, 0.1) is 31.6 Å². The van der Waals surface area contributed by atoms with E-state index in [-0.39, 0.29) is 12.3 Å². The normalized spacial score (nSPS) is 11.6. The summed E-state index contributed by atoms with van der Waals surface area (Å²) in [5.41, 5.74) is 1.11. The molecule has 1 unspecified atom stereocenters. The number of hydrogen-bond acceptors (Lipinski definition) is 7. The van der Waals surface area contributed by atoms with E-state index in [4.69, 9.17) is 9.47 Å². The summed E-state index contributed by atoms with van der Waals surface area (Å²) in [5, 5.41) is 7.35. The minimum atomic E-state index is -0.525. The molecule has 3 aromatic rings. The highest BCUT2D eigenvalue weighted by atomic mass is 32.1. The number of aromatic nitrogens is 1. The van der Waals surface area contributed by atoms with Crippen LogP contribution in [0.2, 0.25) is 0 Å². The van der Waals surface area contributed by atoms with Crippen molar-refractivity contribution < 1.29 is 19.1 Å².